The van der Waals surface area contributed by atoms with Crippen LogP contribution in [0.2, 0.25) is 0 Å². The van der Waals surface area contributed by atoms with Crippen LogP contribution in [-0.2, 0) is 9.53 Å². The number of hydrogen-bond donors (Lipinski definition) is 1. The molecule has 5 heteroatoms. The molecule has 114 valence electrons. The van der Waals surface area contributed by atoms with Gasteiger partial charge in [-0.3, -0.25) is 4.79 Å². The number of ether oxygens (including phenoxy) is 1. The van der Waals surface area contributed by atoms with Crippen molar-refractivity contribution in [1.29, 1.82) is 0 Å². The summed E-state index contributed by atoms with van der Waals surface area (Å²) in [5.74, 6) is 0.588. The Hall–Kier alpha value is -0.320. The van der Waals surface area contributed by atoms with Crippen LogP contribution in [0.4, 0.5) is 0 Å². The Morgan fingerprint density at radius 3 is 2.47 bits per heavy atom. The molecule has 0 spiro atoms. The molecule has 4 nitrogen and oxygen atoms in total. The molecule has 0 saturated carbocycles. The number of amides is 1. The Labute approximate surface area is 123 Å². The molecule has 0 aromatic rings. The Morgan fingerprint density at radius 1 is 1.42 bits per heavy atom. The van der Waals surface area contributed by atoms with Crippen molar-refractivity contribution in [2.45, 2.75) is 53.2 Å². The molecule has 0 aromatic heterocycles. The van der Waals surface area contributed by atoms with Gasteiger partial charge in [-0.05, 0) is 17.8 Å². The largest absolute Gasteiger partial charge is 0.376 e. The van der Waals surface area contributed by atoms with Gasteiger partial charge in [0.2, 0.25) is 5.91 Å². The van der Waals surface area contributed by atoms with Crippen molar-refractivity contribution < 1.29 is 9.53 Å². The number of likely N-dealkylation sites (tertiary alicyclic amines) is 1. The summed E-state index contributed by atoms with van der Waals surface area (Å²) < 4.78 is 5.78. The molecule has 1 fully saturated rings. The second-order valence-corrected chi connectivity index (χ2v) is 6.77. The maximum atomic E-state index is 12.2. The predicted octanol–water partition coefficient (Wildman–Crippen LogP) is 2.06. The Balaban J connectivity index is 0.00000324. The zero-order valence-electron chi connectivity index (χ0n) is 12.8. The normalized spacial score (nSPS) is 21.4. The molecule has 0 bridgehead atoms. The monoisotopic (exact) mass is 292 g/mol. The van der Waals surface area contributed by atoms with Gasteiger partial charge in [-0.25, -0.2) is 0 Å². The zero-order valence-corrected chi connectivity index (χ0v) is 13.6. The van der Waals surface area contributed by atoms with E-state index in [0.29, 0.717) is 12.5 Å². The molecule has 1 rings (SSSR count). The summed E-state index contributed by atoms with van der Waals surface area (Å²) in [7, 11) is 0. The van der Waals surface area contributed by atoms with Crippen LogP contribution >= 0.6 is 12.4 Å². The fourth-order valence-corrected chi connectivity index (χ4v) is 1.96. The first kappa shape index (κ1) is 18.7. The highest BCUT2D eigenvalue weighted by Crippen LogP contribution is 2.22. The number of halogens is 1. The zero-order chi connectivity index (χ0) is 13.9. The van der Waals surface area contributed by atoms with Crippen LogP contribution < -0.4 is 5.73 Å². The van der Waals surface area contributed by atoms with Crippen LogP contribution in [0.1, 0.15) is 41.0 Å². The third kappa shape index (κ3) is 5.67. The lowest BCUT2D eigenvalue weighted by Crippen LogP contribution is -2.50. The highest BCUT2D eigenvalue weighted by Gasteiger charge is 2.34. The highest BCUT2D eigenvalue weighted by molar-refractivity contribution is 5.85. The second kappa shape index (κ2) is 7.46. The van der Waals surface area contributed by atoms with E-state index in [1.165, 1.54) is 0 Å². The summed E-state index contributed by atoms with van der Waals surface area (Å²) in [4.78, 5) is 14.1. The molecular formula is C14H29ClN2O2. The molecular weight excluding hydrogens is 264 g/mol. The van der Waals surface area contributed by atoms with E-state index < -0.39 is 6.04 Å². The number of nitrogens with zero attached hydrogens (tertiary/aromatic N) is 1. The minimum absolute atomic E-state index is 0. The number of carbonyl (C=O) groups excluding carboxylic acids is 1. The summed E-state index contributed by atoms with van der Waals surface area (Å²) in [5.41, 5.74) is 5.82. The molecule has 0 aliphatic carbocycles. The molecule has 2 atom stereocenters. The Kier molecular flexibility index (Phi) is 7.33. The summed E-state index contributed by atoms with van der Waals surface area (Å²) in [6.45, 7) is 12.5. The van der Waals surface area contributed by atoms with E-state index in [2.05, 4.69) is 13.8 Å². The van der Waals surface area contributed by atoms with Gasteiger partial charge in [-0.1, -0.05) is 34.6 Å². The van der Waals surface area contributed by atoms with Crippen molar-refractivity contribution in [3.63, 3.8) is 0 Å². The summed E-state index contributed by atoms with van der Waals surface area (Å²) in [5, 5.41) is 0. The van der Waals surface area contributed by atoms with Gasteiger partial charge in [0.15, 0.2) is 0 Å². The number of carbonyl (C=O) groups is 1. The molecule has 0 radical (unpaired) electrons. The number of nitrogens with two attached hydrogens (primary N) is 1. The van der Waals surface area contributed by atoms with Crippen molar-refractivity contribution in [2.24, 2.45) is 17.1 Å². The van der Waals surface area contributed by atoms with E-state index in [0.717, 1.165) is 19.6 Å². The molecule has 1 amide bonds. The Morgan fingerprint density at radius 2 is 2.00 bits per heavy atom. The van der Waals surface area contributed by atoms with Crippen LogP contribution in [0, 0.1) is 11.3 Å². The molecule has 1 aliphatic rings. The van der Waals surface area contributed by atoms with Gasteiger partial charge in [0.25, 0.3) is 0 Å². The first-order valence-corrected chi connectivity index (χ1v) is 6.87. The van der Waals surface area contributed by atoms with Gasteiger partial charge in [0.05, 0.1) is 12.1 Å². The van der Waals surface area contributed by atoms with Crippen molar-refractivity contribution >= 4 is 18.3 Å². The van der Waals surface area contributed by atoms with E-state index in [-0.39, 0.29) is 29.8 Å². The summed E-state index contributed by atoms with van der Waals surface area (Å²) in [6, 6.07) is -0.429. The average Bonchev–Trinajstić information content (AvgIpc) is 2.71. The highest BCUT2D eigenvalue weighted by atomic mass is 35.5. The van der Waals surface area contributed by atoms with Crippen molar-refractivity contribution in [3.05, 3.63) is 0 Å². The lowest BCUT2D eigenvalue weighted by Gasteiger charge is -2.29. The second-order valence-electron chi connectivity index (χ2n) is 6.77. The lowest BCUT2D eigenvalue weighted by molar-refractivity contribution is -0.134. The van der Waals surface area contributed by atoms with E-state index in [1.807, 2.05) is 25.7 Å². The van der Waals surface area contributed by atoms with Crippen molar-refractivity contribution in [2.75, 3.05) is 19.7 Å². The van der Waals surface area contributed by atoms with Crippen molar-refractivity contribution in [3.8, 4) is 0 Å². The molecule has 1 unspecified atom stereocenters. The van der Waals surface area contributed by atoms with Crippen LogP contribution in [0.25, 0.3) is 0 Å². The fourth-order valence-electron chi connectivity index (χ4n) is 1.96. The van der Waals surface area contributed by atoms with Gasteiger partial charge in [-0.15, -0.1) is 12.4 Å². The number of rotatable bonds is 4. The van der Waals surface area contributed by atoms with Gasteiger partial charge in [0.1, 0.15) is 0 Å². The van der Waals surface area contributed by atoms with E-state index >= 15 is 0 Å². The quantitative estimate of drug-likeness (QED) is 0.863. The molecule has 1 aliphatic heterocycles. The average molecular weight is 293 g/mol. The van der Waals surface area contributed by atoms with Gasteiger partial charge in [-0.2, -0.15) is 0 Å². The first-order chi connectivity index (χ1) is 8.21. The number of hydrogen-bond acceptors (Lipinski definition) is 3. The molecule has 19 heavy (non-hydrogen) atoms. The van der Waals surface area contributed by atoms with Crippen LogP contribution in [-0.4, -0.2) is 42.6 Å². The predicted molar refractivity (Wildman–Crippen MR) is 80.5 cm³/mol. The standard InChI is InChI=1S/C14H28N2O2.ClH/c1-10(2)9-18-11-6-7-16(8-11)13(17)12(15)14(3,4)5;/h10-12H,6-9,15H2,1-5H3;1H/t11?,12-;/m1./s1. The minimum Gasteiger partial charge on any atom is -0.376 e. The van der Waals surface area contributed by atoms with E-state index in [4.69, 9.17) is 10.5 Å². The van der Waals surface area contributed by atoms with Gasteiger partial charge < -0.3 is 15.4 Å². The smallest absolute Gasteiger partial charge is 0.240 e. The Bertz CT molecular complexity index is 290. The molecule has 1 heterocycles. The molecule has 2 N–H and O–H groups in total. The third-order valence-electron chi connectivity index (χ3n) is 3.32. The summed E-state index contributed by atoms with van der Waals surface area (Å²) in [6.07, 6.45) is 1.11. The van der Waals surface area contributed by atoms with Crippen LogP contribution in [0.3, 0.4) is 0 Å². The molecule has 0 aromatic carbocycles. The van der Waals surface area contributed by atoms with Gasteiger partial charge >= 0.3 is 0 Å². The van der Waals surface area contributed by atoms with E-state index in [9.17, 15) is 4.79 Å². The van der Waals surface area contributed by atoms with E-state index in [1.54, 1.807) is 0 Å². The summed E-state index contributed by atoms with van der Waals surface area (Å²) >= 11 is 0. The van der Waals surface area contributed by atoms with Crippen LogP contribution in [0.15, 0.2) is 0 Å². The fraction of sp³-hybridized carbons (Fsp3) is 0.929. The maximum absolute atomic E-state index is 12.2. The first-order valence-electron chi connectivity index (χ1n) is 6.87. The molecule has 1 saturated heterocycles. The maximum Gasteiger partial charge on any atom is 0.240 e. The van der Waals surface area contributed by atoms with Crippen LogP contribution in [0.5, 0.6) is 0 Å². The third-order valence-corrected chi connectivity index (χ3v) is 3.32. The SMILES string of the molecule is CC(C)COC1CCN(C(=O)[C@@H](N)C(C)(C)C)C1.Cl. The minimum atomic E-state index is -0.429. The lowest BCUT2D eigenvalue weighted by atomic mass is 9.86. The topological polar surface area (TPSA) is 55.6 Å². The van der Waals surface area contributed by atoms with Crippen molar-refractivity contribution in [1.82, 2.24) is 4.90 Å². The van der Waals surface area contributed by atoms with Gasteiger partial charge in [0, 0.05) is 19.7 Å².